The number of methoxy groups -OCH3 is 1. The summed E-state index contributed by atoms with van der Waals surface area (Å²) in [5.74, 6) is 0.418. The number of hydrogen-bond donors (Lipinski definition) is 2. The van der Waals surface area contributed by atoms with Gasteiger partial charge in [0, 0.05) is 23.6 Å². The van der Waals surface area contributed by atoms with E-state index in [1.54, 1.807) is 19.2 Å². The van der Waals surface area contributed by atoms with Gasteiger partial charge in [-0.1, -0.05) is 36.4 Å². The number of fused-ring (bicyclic) bond motifs is 1. The number of benzene rings is 3. The topological polar surface area (TPSA) is 57.1 Å². The first kappa shape index (κ1) is 21.3. The standard InChI is InChI=1S/C26H28FN3O/c1-18(24-23-6-4-3-5-19(23)15-20(16-28)25(24)31-2)30-17-26(11-13-29-14-12-26)21-7-9-22(27)10-8-21/h3-10,15,18,29-30H,11-14,17H2,1-2H3. The Morgan fingerprint density at radius 1 is 1.16 bits per heavy atom. The Morgan fingerprint density at radius 3 is 2.55 bits per heavy atom. The molecule has 4 rings (SSSR count). The van der Waals surface area contributed by atoms with E-state index in [1.165, 1.54) is 0 Å². The monoisotopic (exact) mass is 417 g/mol. The average molecular weight is 418 g/mol. The van der Waals surface area contributed by atoms with Crippen LogP contribution in [0.15, 0.2) is 54.6 Å². The van der Waals surface area contributed by atoms with Gasteiger partial charge in [-0.25, -0.2) is 4.39 Å². The number of halogens is 1. The van der Waals surface area contributed by atoms with Crippen LogP contribution in [0.1, 0.15) is 42.5 Å². The normalized spacial score (nSPS) is 16.6. The van der Waals surface area contributed by atoms with E-state index >= 15 is 0 Å². The molecular formula is C26H28FN3O. The SMILES string of the molecule is COc1c(C#N)cc2ccccc2c1C(C)NCC1(c2ccc(F)cc2)CCNCC1. The van der Waals surface area contributed by atoms with Crippen LogP contribution in [0.5, 0.6) is 5.75 Å². The summed E-state index contributed by atoms with van der Waals surface area (Å²) in [6.45, 7) is 4.74. The number of rotatable bonds is 6. The summed E-state index contributed by atoms with van der Waals surface area (Å²) in [6.07, 6.45) is 1.96. The summed E-state index contributed by atoms with van der Waals surface area (Å²) < 4.78 is 19.2. The Kier molecular flexibility index (Phi) is 6.22. The minimum atomic E-state index is -0.210. The van der Waals surface area contributed by atoms with Crippen LogP contribution < -0.4 is 15.4 Å². The van der Waals surface area contributed by atoms with Crippen molar-refractivity contribution in [3.63, 3.8) is 0 Å². The molecule has 0 amide bonds. The lowest BCUT2D eigenvalue weighted by atomic mass is 9.73. The van der Waals surface area contributed by atoms with Gasteiger partial charge in [-0.15, -0.1) is 0 Å². The van der Waals surface area contributed by atoms with E-state index in [0.717, 1.165) is 54.4 Å². The van der Waals surface area contributed by atoms with Crippen LogP contribution in [-0.4, -0.2) is 26.7 Å². The van der Waals surface area contributed by atoms with Crippen LogP contribution in [0.25, 0.3) is 10.8 Å². The predicted octanol–water partition coefficient (Wildman–Crippen LogP) is 4.83. The Bertz CT molecular complexity index is 1100. The summed E-state index contributed by atoms with van der Waals surface area (Å²) in [7, 11) is 1.62. The van der Waals surface area contributed by atoms with Crippen LogP contribution in [0.3, 0.4) is 0 Å². The van der Waals surface area contributed by atoms with Crippen molar-refractivity contribution < 1.29 is 9.13 Å². The maximum absolute atomic E-state index is 13.5. The van der Waals surface area contributed by atoms with Crippen molar-refractivity contribution in [1.82, 2.24) is 10.6 Å². The molecule has 5 heteroatoms. The highest BCUT2D eigenvalue weighted by atomic mass is 19.1. The highest BCUT2D eigenvalue weighted by Gasteiger charge is 2.34. The lowest BCUT2D eigenvalue weighted by molar-refractivity contribution is 0.283. The van der Waals surface area contributed by atoms with Crippen molar-refractivity contribution in [1.29, 1.82) is 5.26 Å². The zero-order valence-corrected chi connectivity index (χ0v) is 18.0. The van der Waals surface area contributed by atoms with Gasteiger partial charge in [-0.05, 0) is 67.4 Å². The Balaban J connectivity index is 1.69. The smallest absolute Gasteiger partial charge is 0.142 e. The molecule has 3 aromatic carbocycles. The van der Waals surface area contributed by atoms with E-state index in [-0.39, 0.29) is 17.3 Å². The third-order valence-corrected chi connectivity index (χ3v) is 6.56. The maximum Gasteiger partial charge on any atom is 0.142 e. The van der Waals surface area contributed by atoms with E-state index in [4.69, 9.17) is 4.74 Å². The second kappa shape index (κ2) is 9.05. The lowest BCUT2D eigenvalue weighted by Crippen LogP contribution is -2.46. The molecule has 0 aromatic heterocycles. The van der Waals surface area contributed by atoms with E-state index < -0.39 is 0 Å². The first-order valence-electron chi connectivity index (χ1n) is 10.8. The molecule has 1 aliphatic rings. The largest absolute Gasteiger partial charge is 0.495 e. The second-order valence-electron chi connectivity index (χ2n) is 8.34. The zero-order valence-electron chi connectivity index (χ0n) is 18.0. The molecule has 1 unspecified atom stereocenters. The van der Waals surface area contributed by atoms with E-state index in [1.807, 2.05) is 36.4 Å². The van der Waals surface area contributed by atoms with Gasteiger partial charge in [0.25, 0.3) is 0 Å². The van der Waals surface area contributed by atoms with Crippen molar-refractivity contribution in [3.05, 3.63) is 77.1 Å². The van der Waals surface area contributed by atoms with Gasteiger partial charge in [-0.3, -0.25) is 0 Å². The quantitative estimate of drug-likeness (QED) is 0.603. The first-order chi connectivity index (χ1) is 15.1. The summed E-state index contributed by atoms with van der Waals surface area (Å²) in [6, 6.07) is 19.2. The molecule has 1 fully saturated rings. The second-order valence-corrected chi connectivity index (χ2v) is 8.34. The van der Waals surface area contributed by atoms with Crippen LogP contribution >= 0.6 is 0 Å². The fraction of sp³-hybridized carbons (Fsp3) is 0.346. The molecule has 160 valence electrons. The Hall–Kier alpha value is -2.94. The van der Waals surface area contributed by atoms with Crippen LogP contribution in [0.4, 0.5) is 4.39 Å². The highest BCUT2D eigenvalue weighted by Crippen LogP contribution is 2.38. The van der Waals surface area contributed by atoms with Crippen LogP contribution in [0.2, 0.25) is 0 Å². The molecule has 1 heterocycles. The Morgan fingerprint density at radius 2 is 1.87 bits per heavy atom. The molecule has 1 atom stereocenters. The molecule has 0 bridgehead atoms. The Labute approximate surface area is 183 Å². The third kappa shape index (κ3) is 4.14. The van der Waals surface area contributed by atoms with Gasteiger partial charge in [0.1, 0.15) is 17.6 Å². The summed E-state index contributed by atoms with van der Waals surface area (Å²) >= 11 is 0. The molecule has 3 aromatic rings. The van der Waals surface area contributed by atoms with Gasteiger partial charge in [0.05, 0.1) is 12.7 Å². The molecule has 0 aliphatic carbocycles. The minimum absolute atomic E-state index is 0.0274. The number of nitrogens with zero attached hydrogens (tertiary/aromatic N) is 1. The summed E-state index contributed by atoms with van der Waals surface area (Å²) in [5, 5.41) is 19.0. The minimum Gasteiger partial charge on any atom is -0.495 e. The number of ether oxygens (including phenoxy) is 1. The zero-order chi connectivity index (χ0) is 21.8. The van der Waals surface area contributed by atoms with Gasteiger partial charge in [-0.2, -0.15) is 5.26 Å². The molecule has 1 saturated heterocycles. The van der Waals surface area contributed by atoms with Crippen molar-refractivity contribution in [2.45, 2.75) is 31.2 Å². The predicted molar refractivity (Wildman–Crippen MR) is 122 cm³/mol. The summed E-state index contributed by atoms with van der Waals surface area (Å²) in [5.41, 5.74) is 2.64. The molecule has 0 spiro atoms. The van der Waals surface area contributed by atoms with Gasteiger partial charge >= 0.3 is 0 Å². The van der Waals surface area contributed by atoms with Crippen molar-refractivity contribution in [3.8, 4) is 11.8 Å². The average Bonchev–Trinajstić information content (AvgIpc) is 2.82. The van der Waals surface area contributed by atoms with Crippen LogP contribution in [0, 0.1) is 17.1 Å². The lowest BCUT2D eigenvalue weighted by Gasteiger charge is -2.39. The van der Waals surface area contributed by atoms with Crippen molar-refractivity contribution >= 4 is 10.8 Å². The fourth-order valence-electron chi connectivity index (χ4n) is 4.82. The summed E-state index contributed by atoms with van der Waals surface area (Å²) in [4.78, 5) is 0. The number of nitrogens with one attached hydrogen (secondary N) is 2. The molecule has 31 heavy (non-hydrogen) atoms. The number of nitriles is 1. The molecule has 4 nitrogen and oxygen atoms in total. The number of piperidine rings is 1. The van der Waals surface area contributed by atoms with E-state index in [0.29, 0.717) is 11.3 Å². The van der Waals surface area contributed by atoms with Crippen LogP contribution in [-0.2, 0) is 5.41 Å². The van der Waals surface area contributed by atoms with Crippen molar-refractivity contribution in [2.24, 2.45) is 0 Å². The molecule has 0 saturated carbocycles. The number of hydrogen-bond acceptors (Lipinski definition) is 4. The third-order valence-electron chi connectivity index (χ3n) is 6.56. The van der Waals surface area contributed by atoms with E-state index in [2.05, 4.69) is 29.7 Å². The van der Waals surface area contributed by atoms with E-state index in [9.17, 15) is 9.65 Å². The van der Waals surface area contributed by atoms with Gasteiger partial charge in [0.15, 0.2) is 0 Å². The van der Waals surface area contributed by atoms with Gasteiger partial charge < -0.3 is 15.4 Å². The van der Waals surface area contributed by atoms with Crippen molar-refractivity contribution in [2.75, 3.05) is 26.7 Å². The molecule has 2 N–H and O–H groups in total. The molecule has 0 radical (unpaired) electrons. The highest BCUT2D eigenvalue weighted by molar-refractivity contribution is 5.90. The molecular weight excluding hydrogens is 389 g/mol. The van der Waals surface area contributed by atoms with Gasteiger partial charge in [0.2, 0.25) is 0 Å². The maximum atomic E-state index is 13.5. The first-order valence-corrected chi connectivity index (χ1v) is 10.8. The fourth-order valence-corrected chi connectivity index (χ4v) is 4.82. The molecule has 1 aliphatic heterocycles.